The molecule has 1 fully saturated rings. The summed E-state index contributed by atoms with van der Waals surface area (Å²) in [6.07, 6.45) is 1.93. The van der Waals surface area contributed by atoms with Crippen LogP contribution in [0.25, 0.3) is 0 Å². The summed E-state index contributed by atoms with van der Waals surface area (Å²) in [6, 6.07) is 4.79. The first-order valence-corrected chi connectivity index (χ1v) is 5.17. The minimum Gasteiger partial charge on any atom is -0.354 e. The van der Waals surface area contributed by atoms with Crippen LogP contribution in [-0.4, -0.2) is 30.7 Å². The van der Waals surface area contributed by atoms with Gasteiger partial charge in [-0.25, -0.2) is 4.98 Å². The van der Waals surface area contributed by atoms with Gasteiger partial charge in [-0.2, -0.15) is 0 Å². The molecule has 0 saturated carbocycles. The topological polar surface area (TPSA) is 28.2 Å². The Kier molecular flexibility index (Phi) is 2.68. The summed E-state index contributed by atoms with van der Waals surface area (Å²) < 4.78 is 0. The number of hydrogen-bond acceptors (Lipinski definition) is 3. The average Bonchev–Trinajstić information content (AvgIpc) is 2.19. The molecule has 1 N–H and O–H groups in total. The maximum Gasteiger partial charge on any atom is 0.128 e. The third kappa shape index (κ3) is 2.04. The number of nitrogens with one attached hydrogen (secondary N) is 1. The molecule has 0 bridgehead atoms. The lowest BCUT2D eigenvalue weighted by Gasteiger charge is -2.32. The first-order valence-electron chi connectivity index (χ1n) is 5.17. The second-order valence-corrected chi connectivity index (χ2v) is 3.99. The smallest absolute Gasteiger partial charge is 0.128 e. The van der Waals surface area contributed by atoms with Crippen LogP contribution in [0.3, 0.4) is 0 Å². The summed E-state index contributed by atoms with van der Waals surface area (Å²) in [5.74, 6) is 1.10. The van der Waals surface area contributed by atoms with Gasteiger partial charge in [-0.3, -0.25) is 0 Å². The Morgan fingerprint density at radius 3 is 3.00 bits per heavy atom. The Morgan fingerprint density at radius 2 is 2.36 bits per heavy atom. The number of aryl methyl sites for hydroxylation is 1. The molecule has 76 valence electrons. The first kappa shape index (κ1) is 9.46. The van der Waals surface area contributed by atoms with Crippen molar-refractivity contribution in [2.75, 3.05) is 24.5 Å². The molecule has 2 rings (SSSR count). The molecule has 3 heteroatoms. The van der Waals surface area contributed by atoms with Gasteiger partial charge in [0.25, 0.3) is 0 Å². The Balaban J connectivity index is 2.10. The van der Waals surface area contributed by atoms with E-state index in [4.69, 9.17) is 0 Å². The number of anilines is 1. The molecule has 0 amide bonds. The molecule has 1 aromatic heterocycles. The van der Waals surface area contributed by atoms with E-state index in [0.29, 0.717) is 6.04 Å². The minimum absolute atomic E-state index is 0.562. The van der Waals surface area contributed by atoms with E-state index in [1.54, 1.807) is 0 Å². The van der Waals surface area contributed by atoms with Crippen LogP contribution in [0, 0.1) is 6.92 Å². The number of piperazine rings is 1. The lowest BCUT2D eigenvalue weighted by Crippen LogP contribution is -2.49. The van der Waals surface area contributed by atoms with Gasteiger partial charge in [-0.05, 0) is 25.5 Å². The Bertz CT molecular complexity index is 294. The van der Waals surface area contributed by atoms with E-state index in [0.717, 1.165) is 25.5 Å². The van der Waals surface area contributed by atoms with Gasteiger partial charge in [-0.1, -0.05) is 6.07 Å². The lowest BCUT2D eigenvalue weighted by atomic mass is 10.2. The van der Waals surface area contributed by atoms with Crippen molar-refractivity contribution in [2.24, 2.45) is 0 Å². The van der Waals surface area contributed by atoms with E-state index in [9.17, 15) is 0 Å². The molecule has 0 aromatic carbocycles. The van der Waals surface area contributed by atoms with Gasteiger partial charge in [0.15, 0.2) is 0 Å². The highest BCUT2D eigenvalue weighted by Gasteiger charge is 2.16. The van der Waals surface area contributed by atoms with Crippen LogP contribution in [0.1, 0.15) is 12.5 Å². The number of pyridine rings is 1. The van der Waals surface area contributed by atoms with Crippen LogP contribution in [-0.2, 0) is 0 Å². The standard InChI is InChI=1S/C11H17N3/c1-9-3-4-11(13-7-9)14-6-5-12-10(2)8-14/h3-4,7,10,12H,5-6,8H2,1-2H3/t10-/m0/s1. The zero-order valence-corrected chi connectivity index (χ0v) is 8.83. The Hall–Kier alpha value is -1.09. The Morgan fingerprint density at radius 1 is 1.50 bits per heavy atom. The summed E-state index contributed by atoms with van der Waals surface area (Å²) in [7, 11) is 0. The van der Waals surface area contributed by atoms with Gasteiger partial charge in [-0.15, -0.1) is 0 Å². The van der Waals surface area contributed by atoms with Crippen molar-refractivity contribution in [1.29, 1.82) is 0 Å². The van der Waals surface area contributed by atoms with Gasteiger partial charge >= 0.3 is 0 Å². The fourth-order valence-electron chi connectivity index (χ4n) is 1.79. The fourth-order valence-corrected chi connectivity index (χ4v) is 1.79. The zero-order valence-electron chi connectivity index (χ0n) is 8.83. The highest BCUT2D eigenvalue weighted by Crippen LogP contribution is 2.12. The summed E-state index contributed by atoms with van der Waals surface area (Å²) in [5, 5.41) is 3.42. The quantitative estimate of drug-likeness (QED) is 0.722. The lowest BCUT2D eigenvalue weighted by molar-refractivity contribution is 0.482. The molecular weight excluding hydrogens is 174 g/mol. The maximum atomic E-state index is 4.43. The third-order valence-electron chi connectivity index (χ3n) is 2.59. The van der Waals surface area contributed by atoms with Crippen LogP contribution in [0.15, 0.2) is 18.3 Å². The zero-order chi connectivity index (χ0) is 9.97. The van der Waals surface area contributed by atoms with Gasteiger partial charge in [0.05, 0.1) is 0 Å². The van der Waals surface area contributed by atoms with Crippen molar-refractivity contribution in [3.05, 3.63) is 23.9 Å². The van der Waals surface area contributed by atoms with Crippen molar-refractivity contribution in [1.82, 2.24) is 10.3 Å². The van der Waals surface area contributed by atoms with Crippen LogP contribution in [0.4, 0.5) is 5.82 Å². The number of rotatable bonds is 1. The molecular formula is C11H17N3. The average molecular weight is 191 g/mol. The van der Waals surface area contributed by atoms with Crippen molar-refractivity contribution >= 4 is 5.82 Å². The van der Waals surface area contributed by atoms with Crippen LogP contribution >= 0.6 is 0 Å². The largest absolute Gasteiger partial charge is 0.354 e. The molecule has 0 spiro atoms. The van der Waals surface area contributed by atoms with E-state index in [1.807, 2.05) is 6.20 Å². The monoisotopic (exact) mass is 191 g/mol. The Labute approximate surface area is 85.1 Å². The van der Waals surface area contributed by atoms with Gasteiger partial charge in [0.1, 0.15) is 5.82 Å². The number of aromatic nitrogens is 1. The van der Waals surface area contributed by atoms with Crippen molar-refractivity contribution in [3.8, 4) is 0 Å². The van der Waals surface area contributed by atoms with Crippen molar-refractivity contribution < 1.29 is 0 Å². The van der Waals surface area contributed by atoms with Crippen molar-refractivity contribution in [2.45, 2.75) is 19.9 Å². The number of nitrogens with zero attached hydrogens (tertiary/aromatic N) is 2. The molecule has 1 aliphatic rings. The van der Waals surface area contributed by atoms with Crippen molar-refractivity contribution in [3.63, 3.8) is 0 Å². The molecule has 0 radical (unpaired) electrons. The molecule has 0 aliphatic carbocycles. The summed E-state index contributed by atoms with van der Waals surface area (Å²) in [4.78, 5) is 6.77. The van der Waals surface area contributed by atoms with Crippen LogP contribution in [0.5, 0.6) is 0 Å². The molecule has 0 unspecified atom stereocenters. The first-order chi connectivity index (χ1) is 6.75. The molecule has 3 nitrogen and oxygen atoms in total. The molecule has 2 heterocycles. The second-order valence-electron chi connectivity index (χ2n) is 3.99. The van der Waals surface area contributed by atoms with E-state index < -0.39 is 0 Å². The summed E-state index contributed by atoms with van der Waals surface area (Å²) in [6.45, 7) is 7.44. The highest BCUT2D eigenvalue weighted by molar-refractivity contribution is 5.39. The molecule has 1 saturated heterocycles. The predicted molar refractivity (Wildman–Crippen MR) is 58.7 cm³/mol. The SMILES string of the molecule is Cc1ccc(N2CCN[C@@H](C)C2)nc1. The fraction of sp³-hybridized carbons (Fsp3) is 0.545. The molecule has 1 atom stereocenters. The molecule has 1 aromatic rings. The summed E-state index contributed by atoms with van der Waals surface area (Å²) >= 11 is 0. The summed E-state index contributed by atoms with van der Waals surface area (Å²) in [5.41, 5.74) is 1.22. The van der Waals surface area contributed by atoms with Gasteiger partial charge in [0, 0.05) is 31.9 Å². The number of hydrogen-bond donors (Lipinski definition) is 1. The van der Waals surface area contributed by atoms with E-state index in [1.165, 1.54) is 5.56 Å². The predicted octanol–water partition coefficient (Wildman–Crippen LogP) is 1.19. The molecule has 1 aliphatic heterocycles. The molecule has 14 heavy (non-hydrogen) atoms. The van der Waals surface area contributed by atoms with E-state index in [-0.39, 0.29) is 0 Å². The third-order valence-corrected chi connectivity index (χ3v) is 2.59. The maximum absolute atomic E-state index is 4.43. The second kappa shape index (κ2) is 3.96. The van der Waals surface area contributed by atoms with Crippen LogP contribution < -0.4 is 10.2 Å². The minimum atomic E-state index is 0.562. The highest BCUT2D eigenvalue weighted by atomic mass is 15.2. The van der Waals surface area contributed by atoms with E-state index >= 15 is 0 Å². The normalized spacial score (nSPS) is 22.4. The van der Waals surface area contributed by atoms with E-state index in [2.05, 4.69) is 41.2 Å². The van der Waals surface area contributed by atoms with Crippen LogP contribution in [0.2, 0.25) is 0 Å². The van der Waals surface area contributed by atoms with Gasteiger partial charge in [0.2, 0.25) is 0 Å². The van der Waals surface area contributed by atoms with Gasteiger partial charge < -0.3 is 10.2 Å².